The first-order valence-electron chi connectivity index (χ1n) is 4.15. The largest absolute Gasteiger partial charge is 0.506 e. The van der Waals surface area contributed by atoms with Gasteiger partial charge in [0.15, 0.2) is 0 Å². The predicted octanol–water partition coefficient (Wildman–Crippen LogP) is 0.462. The number of hydrogen-bond acceptors (Lipinski definition) is 3. The van der Waals surface area contributed by atoms with Crippen molar-refractivity contribution in [3.05, 3.63) is 23.5 Å². The monoisotopic (exact) mass is 178 g/mol. The summed E-state index contributed by atoms with van der Waals surface area (Å²) in [5.74, 6) is -0.124. The molecule has 4 nitrogen and oxygen atoms in total. The fraction of sp³-hybridized carbons (Fsp3) is 0.333. The smallest absolute Gasteiger partial charge is 0.253 e. The molecule has 2 heterocycles. The second kappa shape index (κ2) is 2.73. The average Bonchev–Trinajstić information content (AvgIpc) is 2.06. The standard InChI is InChI=1S/C9H10N2O2/c1-5-2-8-7(9(13)11-5)3-6(12)4-10-8/h3-5,12H,2H2,1H3,(H,11,13). The lowest BCUT2D eigenvalue weighted by molar-refractivity contribution is 0.0927. The molecule has 0 aliphatic carbocycles. The number of aromatic nitrogens is 1. The topological polar surface area (TPSA) is 62.2 Å². The van der Waals surface area contributed by atoms with Crippen LogP contribution in [0, 0.1) is 0 Å². The highest BCUT2D eigenvalue weighted by Gasteiger charge is 2.22. The van der Waals surface area contributed by atoms with Crippen LogP contribution >= 0.6 is 0 Å². The van der Waals surface area contributed by atoms with E-state index in [2.05, 4.69) is 10.3 Å². The Bertz CT molecular complexity index is 363. The number of amides is 1. The third-order valence-corrected chi connectivity index (χ3v) is 2.08. The Morgan fingerprint density at radius 3 is 3.23 bits per heavy atom. The number of aromatic hydroxyl groups is 1. The number of fused-ring (bicyclic) bond motifs is 1. The molecule has 0 fully saturated rings. The maximum atomic E-state index is 11.4. The number of hydrogen-bond donors (Lipinski definition) is 2. The van der Waals surface area contributed by atoms with Gasteiger partial charge in [-0.15, -0.1) is 0 Å². The lowest BCUT2D eigenvalue weighted by Crippen LogP contribution is -2.39. The molecule has 0 aromatic carbocycles. The van der Waals surface area contributed by atoms with Gasteiger partial charge in [-0.05, 0) is 13.0 Å². The molecule has 1 atom stereocenters. The second-order valence-electron chi connectivity index (χ2n) is 3.27. The second-order valence-corrected chi connectivity index (χ2v) is 3.27. The molecule has 1 aliphatic rings. The minimum atomic E-state index is -0.155. The average molecular weight is 178 g/mol. The highest BCUT2D eigenvalue weighted by atomic mass is 16.3. The summed E-state index contributed by atoms with van der Waals surface area (Å²) in [5.41, 5.74) is 1.24. The minimum Gasteiger partial charge on any atom is -0.506 e. The highest BCUT2D eigenvalue weighted by Crippen LogP contribution is 2.18. The molecule has 2 rings (SSSR count). The minimum absolute atomic E-state index is 0.0310. The number of nitrogens with one attached hydrogen (secondary N) is 1. The first-order chi connectivity index (χ1) is 6.16. The molecule has 2 N–H and O–H groups in total. The van der Waals surface area contributed by atoms with Crippen molar-refractivity contribution in [3.8, 4) is 5.75 Å². The zero-order valence-corrected chi connectivity index (χ0v) is 7.24. The van der Waals surface area contributed by atoms with Crippen LogP contribution in [0.2, 0.25) is 0 Å². The van der Waals surface area contributed by atoms with E-state index in [0.717, 1.165) is 12.1 Å². The van der Waals surface area contributed by atoms with Crippen LogP contribution < -0.4 is 5.32 Å². The third kappa shape index (κ3) is 1.35. The molecule has 0 radical (unpaired) electrons. The van der Waals surface area contributed by atoms with Crippen LogP contribution in [-0.4, -0.2) is 22.0 Å². The fourth-order valence-corrected chi connectivity index (χ4v) is 1.48. The number of nitrogens with zero attached hydrogens (tertiary/aromatic N) is 1. The van der Waals surface area contributed by atoms with Gasteiger partial charge in [0.2, 0.25) is 0 Å². The van der Waals surface area contributed by atoms with E-state index < -0.39 is 0 Å². The van der Waals surface area contributed by atoms with E-state index in [1.807, 2.05) is 6.92 Å². The maximum absolute atomic E-state index is 11.4. The van der Waals surface area contributed by atoms with Crippen molar-refractivity contribution in [2.45, 2.75) is 19.4 Å². The number of rotatable bonds is 0. The zero-order chi connectivity index (χ0) is 9.42. The summed E-state index contributed by atoms with van der Waals surface area (Å²) in [6.07, 6.45) is 2.09. The van der Waals surface area contributed by atoms with Crippen molar-refractivity contribution in [1.29, 1.82) is 0 Å². The van der Waals surface area contributed by atoms with Crippen LogP contribution in [0.1, 0.15) is 23.0 Å². The van der Waals surface area contributed by atoms with Crippen LogP contribution in [-0.2, 0) is 6.42 Å². The molecule has 1 unspecified atom stereocenters. The molecular formula is C9H10N2O2. The van der Waals surface area contributed by atoms with Gasteiger partial charge in [-0.2, -0.15) is 0 Å². The summed E-state index contributed by atoms with van der Waals surface area (Å²) < 4.78 is 0. The van der Waals surface area contributed by atoms with Crippen molar-refractivity contribution >= 4 is 5.91 Å². The van der Waals surface area contributed by atoms with Crippen LogP contribution in [0.3, 0.4) is 0 Å². The molecule has 0 bridgehead atoms. The fourth-order valence-electron chi connectivity index (χ4n) is 1.48. The van der Waals surface area contributed by atoms with E-state index in [0.29, 0.717) is 5.56 Å². The summed E-state index contributed by atoms with van der Waals surface area (Å²) in [6.45, 7) is 1.93. The van der Waals surface area contributed by atoms with Crippen molar-refractivity contribution in [3.63, 3.8) is 0 Å². The normalized spacial score (nSPS) is 20.7. The molecular weight excluding hydrogens is 168 g/mol. The number of carbonyl (C=O) groups excluding carboxylic acids is 1. The van der Waals surface area contributed by atoms with E-state index in [9.17, 15) is 4.79 Å². The Morgan fingerprint density at radius 1 is 1.69 bits per heavy atom. The molecule has 4 heteroatoms. The van der Waals surface area contributed by atoms with Crippen molar-refractivity contribution in [2.75, 3.05) is 0 Å². The SMILES string of the molecule is CC1Cc2ncc(O)cc2C(=O)N1. The lowest BCUT2D eigenvalue weighted by atomic mass is 10.0. The van der Waals surface area contributed by atoms with E-state index in [1.54, 1.807) is 0 Å². The Morgan fingerprint density at radius 2 is 2.46 bits per heavy atom. The van der Waals surface area contributed by atoms with Crippen molar-refractivity contribution in [1.82, 2.24) is 10.3 Å². The third-order valence-electron chi connectivity index (χ3n) is 2.08. The number of carbonyl (C=O) groups is 1. The molecule has 0 spiro atoms. The van der Waals surface area contributed by atoms with Crippen LogP contribution in [0.15, 0.2) is 12.3 Å². The molecule has 13 heavy (non-hydrogen) atoms. The summed E-state index contributed by atoms with van der Waals surface area (Å²) in [7, 11) is 0. The van der Waals surface area contributed by atoms with E-state index in [4.69, 9.17) is 5.11 Å². The summed E-state index contributed by atoms with van der Waals surface area (Å²) >= 11 is 0. The van der Waals surface area contributed by atoms with Crippen LogP contribution in [0.5, 0.6) is 5.75 Å². The summed E-state index contributed by atoms with van der Waals surface area (Å²) in [4.78, 5) is 15.4. The van der Waals surface area contributed by atoms with Crippen molar-refractivity contribution < 1.29 is 9.90 Å². The van der Waals surface area contributed by atoms with Crippen LogP contribution in [0.25, 0.3) is 0 Å². The van der Waals surface area contributed by atoms with Gasteiger partial charge >= 0.3 is 0 Å². The highest BCUT2D eigenvalue weighted by molar-refractivity contribution is 5.96. The van der Waals surface area contributed by atoms with E-state index >= 15 is 0 Å². The van der Waals surface area contributed by atoms with E-state index in [-0.39, 0.29) is 17.7 Å². The van der Waals surface area contributed by atoms with Gasteiger partial charge in [-0.1, -0.05) is 0 Å². The van der Waals surface area contributed by atoms with Gasteiger partial charge < -0.3 is 10.4 Å². The molecule has 0 saturated heterocycles. The molecule has 1 aliphatic heterocycles. The molecule has 1 aromatic heterocycles. The van der Waals surface area contributed by atoms with Gasteiger partial charge in [0, 0.05) is 12.5 Å². The maximum Gasteiger partial charge on any atom is 0.253 e. The molecule has 68 valence electrons. The Kier molecular flexibility index (Phi) is 1.69. The molecule has 1 aromatic rings. The van der Waals surface area contributed by atoms with Gasteiger partial charge in [0.1, 0.15) is 5.75 Å². The first-order valence-corrected chi connectivity index (χ1v) is 4.15. The Labute approximate surface area is 75.6 Å². The Hall–Kier alpha value is -1.58. The van der Waals surface area contributed by atoms with Gasteiger partial charge in [0.25, 0.3) is 5.91 Å². The quantitative estimate of drug-likeness (QED) is 0.606. The van der Waals surface area contributed by atoms with Gasteiger partial charge in [-0.3, -0.25) is 9.78 Å². The van der Waals surface area contributed by atoms with Crippen molar-refractivity contribution in [2.24, 2.45) is 0 Å². The number of pyridine rings is 1. The van der Waals surface area contributed by atoms with Gasteiger partial charge in [0.05, 0.1) is 17.5 Å². The molecule has 0 saturated carbocycles. The lowest BCUT2D eigenvalue weighted by Gasteiger charge is -2.21. The summed E-state index contributed by atoms with van der Waals surface area (Å²) in [5, 5.41) is 11.9. The predicted molar refractivity (Wildman–Crippen MR) is 46.5 cm³/mol. The van der Waals surface area contributed by atoms with Gasteiger partial charge in [-0.25, -0.2) is 0 Å². The zero-order valence-electron chi connectivity index (χ0n) is 7.24. The molecule has 1 amide bonds. The van der Waals surface area contributed by atoms with E-state index in [1.165, 1.54) is 12.3 Å². The van der Waals surface area contributed by atoms with Crippen LogP contribution in [0.4, 0.5) is 0 Å². The Balaban J connectivity index is 2.49. The summed E-state index contributed by atoms with van der Waals surface area (Å²) in [6, 6.07) is 1.57. The first kappa shape index (κ1) is 8.04.